The first-order valence-corrected chi connectivity index (χ1v) is 5.69. The van der Waals surface area contributed by atoms with Gasteiger partial charge >= 0.3 is 0 Å². The number of benzene rings is 1. The highest BCUT2D eigenvalue weighted by atomic mass is 127. The zero-order chi connectivity index (χ0) is 11.4. The summed E-state index contributed by atoms with van der Waals surface area (Å²) in [5.74, 6) is 1.29. The van der Waals surface area contributed by atoms with E-state index in [1.165, 1.54) is 6.20 Å². The van der Waals surface area contributed by atoms with Crippen LogP contribution >= 0.6 is 22.6 Å². The van der Waals surface area contributed by atoms with Crippen molar-refractivity contribution in [3.05, 3.63) is 51.9 Å². The van der Waals surface area contributed by atoms with Gasteiger partial charge in [-0.2, -0.15) is 0 Å². The lowest BCUT2D eigenvalue weighted by Crippen LogP contribution is -1.88. The van der Waals surface area contributed by atoms with Crippen molar-refractivity contribution in [3.63, 3.8) is 0 Å². The molecule has 0 fully saturated rings. The first kappa shape index (κ1) is 11.1. The Morgan fingerprint density at radius 2 is 2.06 bits per heavy atom. The van der Waals surface area contributed by atoms with Gasteiger partial charge in [0.25, 0.3) is 0 Å². The summed E-state index contributed by atoms with van der Waals surface area (Å²) in [5.41, 5.74) is 0.503. The van der Waals surface area contributed by atoms with Crippen molar-refractivity contribution in [2.24, 2.45) is 0 Å². The Kier molecular flexibility index (Phi) is 3.51. The van der Waals surface area contributed by atoms with E-state index in [1.807, 2.05) is 24.3 Å². The second-order valence-corrected chi connectivity index (χ2v) is 4.38. The molecule has 0 aliphatic heterocycles. The normalized spacial score (nSPS) is 9.81. The molecular formula is C12H8INO2. The summed E-state index contributed by atoms with van der Waals surface area (Å²) in [6, 6.07) is 9.31. The SMILES string of the molecule is O=Cc1cncc(Oc2cccc(I)c2)c1. The van der Waals surface area contributed by atoms with Gasteiger partial charge in [-0.15, -0.1) is 0 Å². The minimum absolute atomic E-state index is 0.503. The Morgan fingerprint density at radius 3 is 2.81 bits per heavy atom. The van der Waals surface area contributed by atoms with Gasteiger partial charge in [0.05, 0.1) is 6.20 Å². The number of pyridine rings is 1. The van der Waals surface area contributed by atoms with Crippen LogP contribution < -0.4 is 4.74 Å². The monoisotopic (exact) mass is 325 g/mol. The van der Waals surface area contributed by atoms with Gasteiger partial charge in [-0.1, -0.05) is 6.07 Å². The van der Waals surface area contributed by atoms with Gasteiger partial charge in [0.2, 0.25) is 0 Å². The van der Waals surface area contributed by atoms with Crippen LogP contribution in [-0.2, 0) is 0 Å². The molecule has 2 rings (SSSR count). The maximum Gasteiger partial charge on any atom is 0.151 e. The van der Waals surface area contributed by atoms with Crippen molar-refractivity contribution in [2.75, 3.05) is 0 Å². The van der Waals surface area contributed by atoms with Crippen molar-refractivity contribution in [3.8, 4) is 11.5 Å². The molecule has 0 N–H and O–H groups in total. The quantitative estimate of drug-likeness (QED) is 0.642. The number of nitrogens with zero attached hydrogens (tertiary/aromatic N) is 1. The van der Waals surface area contributed by atoms with E-state index in [1.54, 1.807) is 12.3 Å². The van der Waals surface area contributed by atoms with Gasteiger partial charge in [0.1, 0.15) is 11.5 Å². The second-order valence-electron chi connectivity index (χ2n) is 3.13. The summed E-state index contributed by atoms with van der Waals surface area (Å²) in [6.07, 6.45) is 3.82. The number of aromatic nitrogens is 1. The summed E-state index contributed by atoms with van der Waals surface area (Å²) >= 11 is 2.21. The average Bonchev–Trinajstić information content (AvgIpc) is 2.29. The molecule has 0 radical (unpaired) electrons. The Labute approximate surface area is 107 Å². The van der Waals surface area contributed by atoms with Crippen molar-refractivity contribution < 1.29 is 9.53 Å². The fourth-order valence-corrected chi connectivity index (χ4v) is 1.74. The summed E-state index contributed by atoms with van der Waals surface area (Å²) in [4.78, 5) is 14.5. The number of rotatable bonds is 3. The van der Waals surface area contributed by atoms with Gasteiger partial charge in [0, 0.05) is 15.3 Å². The van der Waals surface area contributed by atoms with Gasteiger partial charge in [-0.3, -0.25) is 9.78 Å². The van der Waals surface area contributed by atoms with E-state index in [-0.39, 0.29) is 0 Å². The average molecular weight is 325 g/mol. The fraction of sp³-hybridized carbons (Fsp3) is 0. The standard InChI is InChI=1S/C12H8INO2/c13-10-2-1-3-11(5-10)16-12-4-9(8-15)6-14-7-12/h1-8H. The van der Waals surface area contributed by atoms with Crippen molar-refractivity contribution in [1.29, 1.82) is 0 Å². The molecule has 0 bridgehead atoms. The van der Waals surface area contributed by atoms with Crippen LogP contribution in [0.4, 0.5) is 0 Å². The van der Waals surface area contributed by atoms with E-state index in [0.29, 0.717) is 11.3 Å². The zero-order valence-electron chi connectivity index (χ0n) is 8.26. The number of carbonyl (C=O) groups is 1. The van der Waals surface area contributed by atoms with E-state index in [2.05, 4.69) is 27.6 Å². The summed E-state index contributed by atoms with van der Waals surface area (Å²) in [7, 11) is 0. The highest BCUT2D eigenvalue weighted by Crippen LogP contribution is 2.22. The summed E-state index contributed by atoms with van der Waals surface area (Å²) < 4.78 is 6.67. The lowest BCUT2D eigenvalue weighted by Gasteiger charge is -2.05. The second kappa shape index (κ2) is 5.07. The van der Waals surface area contributed by atoms with Gasteiger partial charge in [-0.05, 0) is 46.9 Å². The molecule has 0 aliphatic rings. The van der Waals surface area contributed by atoms with Crippen LogP contribution in [0.5, 0.6) is 11.5 Å². The number of carbonyl (C=O) groups excluding carboxylic acids is 1. The Bertz CT molecular complexity index is 514. The van der Waals surface area contributed by atoms with Crippen molar-refractivity contribution in [1.82, 2.24) is 4.98 Å². The third kappa shape index (κ3) is 2.79. The molecule has 1 heterocycles. The van der Waals surface area contributed by atoms with Crippen LogP contribution in [0.3, 0.4) is 0 Å². The third-order valence-electron chi connectivity index (χ3n) is 1.90. The van der Waals surface area contributed by atoms with Gasteiger partial charge in [0.15, 0.2) is 6.29 Å². The first-order valence-electron chi connectivity index (χ1n) is 4.61. The van der Waals surface area contributed by atoms with Crippen LogP contribution in [-0.4, -0.2) is 11.3 Å². The molecule has 0 saturated carbocycles. The van der Waals surface area contributed by atoms with Crippen LogP contribution in [0.25, 0.3) is 0 Å². The lowest BCUT2D eigenvalue weighted by atomic mass is 10.3. The minimum atomic E-state index is 0.503. The predicted octanol–water partition coefficient (Wildman–Crippen LogP) is 3.29. The van der Waals surface area contributed by atoms with E-state index in [9.17, 15) is 4.79 Å². The van der Waals surface area contributed by atoms with Crippen molar-refractivity contribution >= 4 is 28.9 Å². The number of aldehydes is 1. The molecule has 0 amide bonds. The van der Waals surface area contributed by atoms with E-state index in [0.717, 1.165) is 15.6 Å². The van der Waals surface area contributed by atoms with E-state index < -0.39 is 0 Å². The molecule has 0 spiro atoms. The summed E-state index contributed by atoms with van der Waals surface area (Å²) in [5, 5.41) is 0. The lowest BCUT2D eigenvalue weighted by molar-refractivity contribution is 0.112. The van der Waals surface area contributed by atoms with Gasteiger partial charge in [-0.25, -0.2) is 0 Å². The van der Waals surface area contributed by atoms with Crippen LogP contribution in [0, 0.1) is 3.57 Å². The first-order chi connectivity index (χ1) is 7.78. The maximum absolute atomic E-state index is 10.6. The Morgan fingerprint density at radius 1 is 1.19 bits per heavy atom. The Hall–Kier alpha value is -1.43. The van der Waals surface area contributed by atoms with E-state index in [4.69, 9.17) is 4.74 Å². The highest BCUT2D eigenvalue weighted by Gasteiger charge is 1.99. The minimum Gasteiger partial charge on any atom is -0.456 e. The Balaban J connectivity index is 2.23. The topological polar surface area (TPSA) is 39.2 Å². The number of hydrogen-bond acceptors (Lipinski definition) is 3. The summed E-state index contributed by atoms with van der Waals surface area (Å²) in [6.45, 7) is 0. The molecule has 0 aliphatic carbocycles. The molecule has 2 aromatic rings. The molecule has 0 saturated heterocycles. The molecule has 80 valence electrons. The van der Waals surface area contributed by atoms with Crippen LogP contribution in [0.15, 0.2) is 42.7 Å². The van der Waals surface area contributed by atoms with E-state index >= 15 is 0 Å². The zero-order valence-corrected chi connectivity index (χ0v) is 10.4. The third-order valence-corrected chi connectivity index (χ3v) is 2.57. The fourth-order valence-electron chi connectivity index (χ4n) is 1.22. The van der Waals surface area contributed by atoms with Crippen LogP contribution in [0.1, 0.15) is 10.4 Å². The molecule has 4 heteroatoms. The molecule has 1 aromatic heterocycles. The largest absolute Gasteiger partial charge is 0.456 e. The van der Waals surface area contributed by atoms with Crippen LogP contribution in [0.2, 0.25) is 0 Å². The highest BCUT2D eigenvalue weighted by molar-refractivity contribution is 14.1. The maximum atomic E-state index is 10.6. The smallest absolute Gasteiger partial charge is 0.151 e. The molecule has 16 heavy (non-hydrogen) atoms. The molecule has 3 nitrogen and oxygen atoms in total. The number of halogens is 1. The number of ether oxygens (including phenoxy) is 1. The predicted molar refractivity (Wildman–Crippen MR) is 68.9 cm³/mol. The molecule has 0 unspecified atom stereocenters. The number of hydrogen-bond donors (Lipinski definition) is 0. The molecular weight excluding hydrogens is 317 g/mol. The van der Waals surface area contributed by atoms with Crippen molar-refractivity contribution in [2.45, 2.75) is 0 Å². The van der Waals surface area contributed by atoms with Gasteiger partial charge < -0.3 is 4.74 Å². The molecule has 0 atom stereocenters. The molecule has 1 aromatic carbocycles.